The number of rotatable bonds is 2. The Hall–Kier alpha value is -0.0800. The summed E-state index contributed by atoms with van der Waals surface area (Å²) in [5, 5.41) is 0. The first-order valence-corrected chi connectivity index (χ1v) is 2.68. The van der Waals surface area contributed by atoms with Crippen LogP contribution in [0.5, 0.6) is 0 Å². The van der Waals surface area contributed by atoms with Crippen molar-refractivity contribution in [2.45, 2.75) is 33.3 Å². The predicted octanol–water partition coefficient (Wildman–Crippen LogP) is 1.91. The molecule has 0 saturated heterocycles. The van der Waals surface area contributed by atoms with Crippen LogP contribution >= 0.6 is 0 Å². The molecule has 0 spiro atoms. The molecule has 0 aromatic carbocycles. The van der Waals surface area contributed by atoms with Gasteiger partial charge in [0.05, 0.1) is 5.60 Å². The fourth-order valence-corrected chi connectivity index (χ4v) is 0.192. The van der Waals surface area contributed by atoms with Crippen LogP contribution in [0.15, 0.2) is 0 Å². The van der Waals surface area contributed by atoms with Crippen molar-refractivity contribution in [1.82, 2.24) is 0 Å². The Kier molecular flexibility index (Phi) is 3.02. The molecule has 2 heteroatoms. The van der Waals surface area contributed by atoms with Gasteiger partial charge < -0.3 is 0 Å². The van der Waals surface area contributed by atoms with Gasteiger partial charge in [0.15, 0.2) is 0 Å². The quantitative estimate of drug-likeness (QED) is 0.406. The summed E-state index contributed by atoms with van der Waals surface area (Å²) in [6.07, 6.45) is 0. The van der Waals surface area contributed by atoms with E-state index in [1.54, 1.807) is 6.92 Å². The SMILES string of the molecule is C[CH]OOC(C)(C)C. The lowest BCUT2D eigenvalue weighted by molar-refractivity contribution is -0.325. The molecule has 0 unspecified atom stereocenters. The molecule has 8 heavy (non-hydrogen) atoms. The second kappa shape index (κ2) is 3.05. The lowest BCUT2D eigenvalue weighted by atomic mass is 10.2. The Morgan fingerprint density at radius 2 is 1.75 bits per heavy atom. The van der Waals surface area contributed by atoms with Crippen molar-refractivity contribution in [3.05, 3.63) is 6.61 Å². The van der Waals surface area contributed by atoms with Gasteiger partial charge in [-0.15, -0.1) is 0 Å². The first-order valence-electron chi connectivity index (χ1n) is 2.68. The molecule has 0 rings (SSSR count). The van der Waals surface area contributed by atoms with E-state index in [-0.39, 0.29) is 5.60 Å². The molecule has 0 aromatic rings. The van der Waals surface area contributed by atoms with Gasteiger partial charge in [-0.1, -0.05) is 0 Å². The van der Waals surface area contributed by atoms with Crippen LogP contribution < -0.4 is 0 Å². The molecule has 0 aliphatic heterocycles. The summed E-state index contributed by atoms with van der Waals surface area (Å²) in [4.78, 5) is 9.40. The summed E-state index contributed by atoms with van der Waals surface area (Å²) in [5.74, 6) is 0. The van der Waals surface area contributed by atoms with Gasteiger partial charge in [-0.25, -0.2) is 9.78 Å². The van der Waals surface area contributed by atoms with E-state index in [2.05, 4.69) is 4.89 Å². The summed E-state index contributed by atoms with van der Waals surface area (Å²) in [6, 6.07) is 0. The molecule has 2 nitrogen and oxygen atoms in total. The maximum absolute atomic E-state index is 4.82. The zero-order chi connectivity index (χ0) is 6.62. The topological polar surface area (TPSA) is 18.5 Å². The normalized spacial score (nSPS) is 12.0. The van der Waals surface area contributed by atoms with E-state index < -0.39 is 0 Å². The average Bonchev–Trinajstić information content (AvgIpc) is 1.59. The van der Waals surface area contributed by atoms with Gasteiger partial charge in [0.2, 0.25) is 0 Å². The number of hydrogen-bond acceptors (Lipinski definition) is 2. The average molecular weight is 117 g/mol. The maximum Gasteiger partial charge on any atom is 0.119 e. The Morgan fingerprint density at radius 3 is 1.88 bits per heavy atom. The van der Waals surface area contributed by atoms with Crippen molar-refractivity contribution >= 4 is 0 Å². The van der Waals surface area contributed by atoms with Crippen molar-refractivity contribution in [3.8, 4) is 0 Å². The van der Waals surface area contributed by atoms with Gasteiger partial charge in [0, 0.05) is 0 Å². The summed E-state index contributed by atoms with van der Waals surface area (Å²) < 4.78 is 0. The highest BCUT2D eigenvalue weighted by atomic mass is 17.2. The molecule has 0 bridgehead atoms. The minimum atomic E-state index is -0.202. The van der Waals surface area contributed by atoms with E-state index >= 15 is 0 Å². The standard InChI is InChI=1S/C6H13O2/c1-5-7-8-6(2,3)4/h5H,1-4H3. The molecule has 0 N–H and O–H groups in total. The summed E-state index contributed by atoms with van der Waals surface area (Å²) in [7, 11) is 0. The van der Waals surface area contributed by atoms with E-state index in [0.29, 0.717) is 0 Å². The van der Waals surface area contributed by atoms with Gasteiger partial charge in [-0.2, -0.15) is 0 Å². The van der Waals surface area contributed by atoms with E-state index in [1.807, 2.05) is 20.8 Å². The van der Waals surface area contributed by atoms with Crippen LogP contribution in [0.2, 0.25) is 0 Å². The van der Waals surface area contributed by atoms with Gasteiger partial charge in [-0.3, -0.25) is 0 Å². The summed E-state index contributed by atoms with van der Waals surface area (Å²) >= 11 is 0. The first kappa shape index (κ1) is 7.92. The molecule has 0 amide bonds. The monoisotopic (exact) mass is 117 g/mol. The summed E-state index contributed by atoms with van der Waals surface area (Å²) in [5.41, 5.74) is -0.202. The van der Waals surface area contributed by atoms with Crippen molar-refractivity contribution in [2.24, 2.45) is 0 Å². The van der Waals surface area contributed by atoms with Crippen molar-refractivity contribution in [3.63, 3.8) is 0 Å². The second-order valence-corrected chi connectivity index (χ2v) is 2.53. The molecule has 1 radical (unpaired) electrons. The highest BCUT2D eigenvalue weighted by molar-refractivity contribution is 4.54. The summed E-state index contributed by atoms with van der Waals surface area (Å²) in [6.45, 7) is 9.06. The third kappa shape index (κ3) is 5.92. The van der Waals surface area contributed by atoms with Gasteiger partial charge in [0.25, 0.3) is 0 Å². The lowest BCUT2D eigenvalue weighted by Gasteiger charge is -2.15. The van der Waals surface area contributed by atoms with E-state index in [0.717, 1.165) is 0 Å². The third-order valence-corrected chi connectivity index (χ3v) is 0.394. The van der Waals surface area contributed by atoms with Crippen LogP contribution in [-0.4, -0.2) is 5.60 Å². The Balaban J connectivity index is 3.11. The zero-order valence-electron chi connectivity index (χ0n) is 5.89. The number of hydrogen-bond donors (Lipinski definition) is 0. The van der Waals surface area contributed by atoms with Crippen molar-refractivity contribution < 1.29 is 9.78 Å². The molecular weight excluding hydrogens is 104 g/mol. The highest BCUT2D eigenvalue weighted by Crippen LogP contribution is 2.06. The fraction of sp³-hybridized carbons (Fsp3) is 0.833. The molecule has 0 heterocycles. The smallest absolute Gasteiger partial charge is 0.119 e. The van der Waals surface area contributed by atoms with E-state index in [1.165, 1.54) is 6.61 Å². The van der Waals surface area contributed by atoms with Crippen molar-refractivity contribution in [2.75, 3.05) is 0 Å². The molecule has 0 fully saturated rings. The first-order chi connectivity index (χ1) is 3.56. The molecule has 49 valence electrons. The van der Waals surface area contributed by atoms with Gasteiger partial charge in [-0.05, 0) is 27.7 Å². The third-order valence-electron chi connectivity index (χ3n) is 0.394. The fourth-order valence-electron chi connectivity index (χ4n) is 0.192. The largest absolute Gasteiger partial charge is 0.231 e. The Bertz CT molecular complexity index is 54.0. The molecule has 0 saturated carbocycles. The lowest BCUT2D eigenvalue weighted by Crippen LogP contribution is -2.18. The zero-order valence-corrected chi connectivity index (χ0v) is 5.89. The molecule has 0 aromatic heterocycles. The Labute approximate surface area is 50.7 Å². The van der Waals surface area contributed by atoms with Crippen molar-refractivity contribution in [1.29, 1.82) is 0 Å². The van der Waals surface area contributed by atoms with Crippen LogP contribution in [0.1, 0.15) is 27.7 Å². The second-order valence-electron chi connectivity index (χ2n) is 2.53. The van der Waals surface area contributed by atoms with Crippen LogP contribution in [0.4, 0.5) is 0 Å². The van der Waals surface area contributed by atoms with Crippen LogP contribution in [0.3, 0.4) is 0 Å². The molecule has 0 aliphatic rings. The van der Waals surface area contributed by atoms with Crippen LogP contribution in [-0.2, 0) is 9.78 Å². The van der Waals surface area contributed by atoms with Crippen LogP contribution in [0, 0.1) is 6.61 Å². The Morgan fingerprint density at radius 1 is 1.25 bits per heavy atom. The molecule has 0 aliphatic carbocycles. The van der Waals surface area contributed by atoms with E-state index in [9.17, 15) is 0 Å². The molecule has 0 atom stereocenters. The predicted molar refractivity (Wildman–Crippen MR) is 31.9 cm³/mol. The minimum Gasteiger partial charge on any atom is -0.231 e. The maximum atomic E-state index is 4.82. The molecular formula is C6H13O2. The minimum absolute atomic E-state index is 0.202. The van der Waals surface area contributed by atoms with Gasteiger partial charge >= 0.3 is 0 Å². The van der Waals surface area contributed by atoms with E-state index in [4.69, 9.17) is 4.89 Å². The van der Waals surface area contributed by atoms with Crippen LogP contribution in [0.25, 0.3) is 0 Å². The highest BCUT2D eigenvalue weighted by Gasteiger charge is 2.09. The van der Waals surface area contributed by atoms with Gasteiger partial charge in [0.1, 0.15) is 6.61 Å².